The van der Waals surface area contributed by atoms with Crippen LogP contribution in [0.3, 0.4) is 0 Å². The van der Waals surface area contributed by atoms with Crippen molar-refractivity contribution in [3.05, 3.63) is 23.4 Å². The zero-order valence-electron chi connectivity index (χ0n) is 9.33. The molecule has 3 heteroatoms. The van der Waals surface area contributed by atoms with E-state index in [4.69, 9.17) is 11.5 Å². The molecule has 1 rings (SSSR count). The highest BCUT2D eigenvalue weighted by atomic mass is 14.8. The summed E-state index contributed by atoms with van der Waals surface area (Å²) in [6.45, 7) is 8.30. The van der Waals surface area contributed by atoms with Crippen LogP contribution in [0.2, 0.25) is 0 Å². The number of rotatable bonds is 1. The fourth-order valence-electron chi connectivity index (χ4n) is 1.39. The van der Waals surface area contributed by atoms with E-state index in [1.165, 1.54) is 0 Å². The van der Waals surface area contributed by atoms with Gasteiger partial charge in [0, 0.05) is 11.7 Å². The van der Waals surface area contributed by atoms with E-state index in [-0.39, 0.29) is 11.5 Å². The minimum atomic E-state index is -0.00407. The molecule has 0 amide bonds. The molecule has 1 aromatic heterocycles. The van der Waals surface area contributed by atoms with Crippen LogP contribution < -0.4 is 11.5 Å². The zero-order chi connectivity index (χ0) is 10.9. The number of aryl methyl sites for hydroxylation is 1. The quantitative estimate of drug-likeness (QED) is 0.717. The number of hydrogen-bond donors (Lipinski definition) is 2. The van der Waals surface area contributed by atoms with Crippen molar-refractivity contribution in [1.82, 2.24) is 4.98 Å². The third kappa shape index (κ3) is 2.23. The maximum absolute atomic E-state index is 6.14. The molecule has 0 fully saturated rings. The van der Waals surface area contributed by atoms with E-state index in [1.54, 1.807) is 6.07 Å². The van der Waals surface area contributed by atoms with E-state index < -0.39 is 0 Å². The van der Waals surface area contributed by atoms with Gasteiger partial charge in [0.1, 0.15) is 5.82 Å². The molecule has 0 aliphatic carbocycles. The lowest BCUT2D eigenvalue weighted by molar-refractivity contribution is 0.325. The van der Waals surface area contributed by atoms with E-state index in [0.717, 1.165) is 11.3 Å². The van der Waals surface area contributed by atoms with E-state index in [0.29, 0.717) is 5.82 Å². The first-order valence-corrected chi connectivity index (χ1v) is 4.81. The highest BCUT2D eigenvalue weighted by Gasteiger charge is 2.23. The number of anilines is 1. The van der Waals surface area contributed by atoms with Crippen molar-refractivity contribution in [2.24, 2.45) is 11.1 Å². The fourth-order valence-corrected chi connectivity index (χ4v) is 1.39. The number of hydrogen-bond acceptors (Lipinski definition) is 3. The Hall–Kier alpha value is -1.09. The van der Waals surface area contributed by atoms with E-state index in [2.05, 4.69) is 25.8 Å². The Labute approximate surface area is 85.5 Å². The molecule has 0 unspecified atom stereocenters. The molecule has 1 aromatic rings. The Balaban J connectivity index is 3.08. The Kier molecular flexibility index (Phi) is 2.81. The lowest BCUT2D eigenvalue weighted by Crippen LogP contribution is -2.27. The molecule has 78 valence electrons. The van der Waals surface area contributed by atoms with Gasteiger partial charge < -0.3 is 11.5 Å². The van der Waals surface area contributed by atoms with E-state index >= 15 is 0 Å². The standard InChI is InChI=1S/C11H19N3/c1-7-8(5-6-9(12)14-7)10(13)11(2,3)4/h5-6,10H,13H2,1-4H3,(H2,12,14)/t10-/m1/s1. The van der Waals surface area contributed by atoms with Crippen LogP contribution in [0.5, 0.6) is 0 Å². The summed E-state index contributed by atoms with van der Waals surface area (Å²) in [7, 11) is 0. The number of nitrogen functional groups attached to an aromatic ring is 1. The SMILES string of the molecule is Cc1nc(N)ccc1[C@@H](N)C(C)(C)C. The normalized spacial score (nSPS) is 14.1. The van der Waals surface area contributed by atoms with Crippen molar-refractivity contribution in [3.63, 3.8) is 0 Å². The summed E-state index contributed by atoms with van der Waals surface area (Å²) in [5.74, 6) is 0.548. The second-order valence-electron chi connectivity index (χ2n) is 4.75. The molecular formula is C11H19N3. The highest BCUT2D eigenvalue weighted by Crippen LogP contribution is 2.31. The molecule has 0 aliphatic heterocycles. The lowest BCUT2D eigenvalue weighted by Gasteiger charge is -2.28. The largest absolute Gasteiger partial charge is 0.384 e. The number of nitrogens with two attached hydrogens (primary N) is 2. The first-order valence-electron chi connectivity index (χ1n) is 4.81. The molecule has 1 heterocycles. The molecule has 0 saturated carbocycles. The summed E-state index contributed by atoms with van der Waals surface area (Å²) < 4.78 is 0. The van der Waals surface area contributed by atoms with E-state index in [1.807, 2.05) is 13.0 Å². The van der Waals surface area contributed by atoms with Gasteiger partial charge in [-0.1, -0.05) is 26.8 Å². The summed E-state index contributed by atoms with van der Waals surface area (Å²) >= 11 is 0. The number of nitrogens with zero attached hydrogens (tertiary/aromatic N) is 1. The summed E-state index contributed by atoms with van der Waals surface area (Å²) in [6, 6.07) is 3.76. The highest BCUT2D eigenvalue weighted by molar-refractivity contribution is 5.35. The van der Waals surface area contributed by atoms with Gasteiger partial charge in [0.2, 0.25) is 0 Å². The maximum atomic E-state index is 6.14. The van der Waals surface area contributed by atoms with E-state index in [9.17, 15) is 0 Å². The molecule has 1 atom stereocenters. The molecule has 14 heavy (non-hydrogen) atoms. The molecule has 0 radical (unpaired) electrons. The van der Waals surface area contributed by atoms with Crippen LogP contribution in [0.25, 0.3) is 0 Å². The van der Waals surface area contributed by atoms with Gasteiger partial charge in [0.15, 0.2) is 0 Å². The van der Waals surface area contributed by atoms with Crippen LogP contribution in [0.1, 0.15) is 38.1 Å². The van der Waals surface area contributed by atoms with Crippen LogP contribution >= 0.6 is 0 Å². The fraction of sp³-hybridized carbons (Fsp3) is 0.545. The topological polar surface area (TPSA) is 64.9 Å². The van der Waals surface area contributed by atoms with Crippen LogP contribution in [0.4, 0.5) is 5.82 Å². The minimum Gasteiger partial charge on any atom is -0.384 e. The Morgan fingerprint density at radius 1 is 1.29 bits per heavy atom. The lowest BCUT2D eigenvalue weighted by atomic mass is 9.82. The molecule has 0 saturated heterocycles. The number of aromatic nitrogens is 1. The minimum absolute atomic E-state index is 0.00407. The molecule has 0 spiro atoms. The second-order valence-corrected chi connectivity index (χ2v) is 4.75. The monoisotopic (exact) mass is 193 g/mol. The van der Waals surface area contributed by atoms with Crippen LogP contribution in [-0.4, -0.2) is 4.98 Å². The van der Waals surface area contributed by atoms with Gasteiger partial charge in [0.05, 0.1) is 0 Å². The maximum Gasteiger partial charge on any atom is 0.123 e. The molecule has 3 nitrogen and oxygen atoms in total. The summed E-state index contributed by atoms with van der Waals surface area (Å²) in [5, 5.41) is 0. The zero-order valence-corrected chi connectivity index (χ0v) is 9.33. The van der Waals surface area contributed by atoms with Crippen molar-refractivity contribution in [2.75, 3.05) is 5.73 Å². The summed E-state index contributed by atoms with van der Waals surface area (Å²) in [6.07, 6.45) is 0. The van der Waals surface area contributed by atoms with Crippen molar-refractivity contribution >= 4 is 5.82 Å². The van der Waals surface area contributed by atoms with Gasteiger partial charge in [-0.3, -0.25) is 0 Å². The van der Waals surface area contributed by atoms with Crippen molar-refractivity contribution in [3.8, 4) is 0 Å². The Bertz CT molecular complexity index is 326. The van der Waals surface area contributed by atoms with Gasteiger partial charge in [0.25, 0.3) is 0 Å². The van der Waals surface area contributed by atoms with Gasteiger partial charge >= 0.3 is 0 Å². The van der Waals surface area contributed by atoms with Crippen molar-refractivity contribution in [2.45, 2.75) is 33.7 Å². The summed E-state index contributed by atoms with van der Waals surface area (Å²) in [4.78, 5) is 4.21. The molecule has 4 N–H and O–H groups in total. The molecule has 0 aliphatic rings. The Morgan fingerprint density at radius 3 is 2.29 bits per heavy atom. The average molecular weight is 193 g/mol. The van der Waals surface area contributed by atoms with Gasteiger partial charge in [-0.05, 0) is 24.0 Å². The van der Waals surface area contributed by atoms with Crippen molar-refractivity contribution in [1.29, 1.82) is 0 Å². The first kappa shape index (κ1) is 11.0. The van der Waals surface area contributed by atoms with Gasteiger partial charge in [-0.25, -0.2) is 4.98 Å². The van der Waals surface area contributed by atoms with Crippen molar-refractivity contribution < 1.29 is 0 Å². The average Bonchev–Trinajstić information content (AvgIpc) is 2.01. The molecule has 0 aromatic carbocycles. The number of pyridine rings is 1. The van der Waals surface area contributed by atoms with Crippen LogP contribution in [-0.2, 0) is 0 Å². The molecular weight excluding hydrogens is 174 g/mol. The third-order valence-electron chi connectivity index (χ3n) is 2.42. The summed E-state index contributed by atoms with van der Waals surface area (Å²) in [5.41, 5.74) is 13.8. The molecule has 0 bridgehead atoms. The van der Waals surface area contributed by atoms with Gasteiger partial charge in [-0.15, -0.1) is 0 Å². The third-order valence-corrected chi connectivity index (χ3v) is 2.42. The smallest absolute Gasteiger partial charge is 0.123 e. The predicted octanol–water partition coefficient (Wildman–Crippen LogP) is 2.02. The predicted molar refractivity (Wildman–Crippen MR) is 59.8 cm³/mol. The van der Waals surface area contributed by atoms with Crippen LogP contribution in [0.15, 0.2) is 12.1 Å². The second kappa shape index (κ2) is 3.58. The Morgan fingerprint density at radius 2 is 1.86 bits per heavy atom. The first-order chi connectivity index (χ1) is 6.32. The van der Waals surface area contributed by atoms with Gasteiger partial charge in [-0.2, -0.15) is 0 Å². The van der Waals surface area contributed by atoms with Crippen LogP contribution in [0, 0.1) is 12.3 Å².